The molecule has 1 heterocycles. The SMILES string of the molecule is Cc1cc(Br)cc2cc(C(=O)NC(C(=O)O)C3CC3)oc12. The van der Waals surface area contributed by atoms with Crippen LogP contribution in [0.4, 0.5) is 0 Å². The topological polar surface area (TPSA) is 79.5 Å². The van der Waals surface area contributed by atoms with E-state index < -0.39 is 17.9 Å². The molecule has 6 heteroatoms. The number of amides is 1. The highest BCUT2D eigenvalue weighted by Crippen LogP contribution is 2.33. The van der Waals surface area contributed by atoms with E-state index in [0.29, 0.717) is 5.58 Å². The van der Waals surface area contributed by atoms with Crippen LogP contribution in [0.25, 0.3) is 11.0 Å². The number of aliphatic carboxylic acids is 1. The number of carbonyl (C=O) groups is 2. The third kappa shape index (κ3) is 2.81. The maximum absolute atomic E-state index is 12.2. The molecular formula is C15H14BrNO4. The number of aryl methyl sites for hydroxylation is 1. The Morgan fingerprint density at radius 1 is 1.38 bits per heavy atom. The van der Waals surface area contributed by atoms with Gasteiger partial charge >= 0.3 is 5.97 Å². The Hall–Kier alpha value is -1.82. The van der Waals surface area contributed by atoms with Gasteiger partial charge in [-0.3, -0.25) is 4.79 Å². The fourth-order valence-corrected chi connectivity index (χ4v) is 3.01. The van der Waals surface area contributed by atoms with E-state index in [1.54, 1.807) is 6.07 Å². The fourth-order valence-electron chi connectivity index (χ4n) is 2.42. The molecule has 2 aromatic rings. The standard InChI is InChI=1S/C15H14BrNO4/c1-7-4-10(16)5-9-6-11(21-13(7)9)14(18)17-12(15(19)20)8-2-3-8/h4-6,8,12H,2-3H2,1H3,(H,17,18)(H,19,20). The maximum Gasteiger partial charge on any atom is 0.326 e. The number of hydrogen-bond donors (Lipinski definition) is 2. The van der Waals surface area contributed by atoms with E-state index in [0.717, 1.165) is 28.3 Å². The van der Waals surface area contributed by atoms with Crippen molar-refractivity contribution in [2.75, 3.05) is 0 Å². The van der Waals surface area contributed by atoms with Crippen molar-refractivity contribution < 1.29 is 19.1 Å². The van der Waals surface area contributed by atoms with E-state index in [9.17, 15) is 9.59 Å². The first-order chi connectivity index (χ1) is 9.95. The summed E-state index contributed by atoms with van der Waals surface area (Å²) in [6, 6.07) is 4.56. The van der Waals surface area contributed by atoms with Crippen LogP contribution >= 0.6 is 15.9 Å². The molecule has 21 heavy (non-hydrogen) atoms. The summed E-state index contributed by atoms with van der Waals surface area (Å²) in [4.78, 5) is 23.3. The zero-order chi connectivity index (χ0) is 15.1. The summed E-state index contributed by atoms with van der Waals surface area (Å²) in [5.41, 5.74) is 1.55. The van der Waals surface area contributed by atoms with Crippen molar-refractivity contribution >= 4 is 38.8 Å². The molecule has 1 aliphatic carbocycles. The van der Waals surface area contributed by atoms with Gasteiger partial charge in [0.25, 0.3) is 5.91 Å². The quantitative estimate of drug-likeness (QED) is 0.886. The summed E-state index contributed by atoms with van der Waals surface area (Å²) in [7, 11) is 0. The van der Waals surface area contributed by atoms with Crippen molar-refractivity contribution in [3.63, 3.8) is 0 Å². The molecule has 1 aromatic carbocycles. The number of nitrogens with one attached hydrogen (secondary N) is 1. The van der Waals surface area contributed by atoms with Gasteiger partial charge in [0.15, 0.2) is 5.76 Å². The number of benzene rings is 1. The van der Waals surface area contributed by atoms with Gasteiger partial charge in [0.2, 0.25) is 0 Å². The summed E-state index contributed by atoms with van der Waals surface area (Å²) < 4.78 is 6.47. The Bertz CT molecular complexity index is 733. The predicted molar refractivity (Wildman–Crippen MR) is 80.3 cm³/mol. The Labute approximate surface area is 129 Å². The lowest BCUT2D eigenvalue weighted by Gasteiger charge is -2.11. The van der Waals surface area contributed by atoms with Crippen molar-refractivity contribution in [3.05, 3.63) is 34.0 Å². The molecule has 0 radical (unpaired) electrons. The first-order valence-electron chi connectivity index (χ1n) is 6.69. The van der Waals surface area contributed by atoms with Crippen LogP contribution in [0.5, 0.6) is 0 Å². The normalized spacial score (nSPS) is 15.9. The minimum atomic E-state index is -0.999. The van der Waals surface area contributed by atoms with Gasteiger partial charge in [-0.05, 0) is 49.4 Å². The Balaban J connectivity index is 1.87. The number of carbonyl (C=O) groups excluding carboxylic acids is 1. The van der Waals surface area contributed by atoms with Gasteiger partial charge in [-0.15, -0.1) is 0 Å². The average molecular weight is 352 g/mol. The first-order valence-corrected chi connectivity index (χ1v) is 7.48. The number of carboxylic acids is 1. The van der Waals surface area contributed by atoms with Gasteiger partial charge in [-0.2, -0.15) is 0 Å². The van der Waals surface area contributed by atoms with Crippen LogP contribution < -0.4 is 5.32 Å². The Kier molecular flexibility index (Phi) is 3.49. The predicted octanol–water partition coefficient (Wildman–Crippen LogP) is 3.10. The fraction of sp³-hybridized carbons (Fsp3) is 0.333. The molecule has 1 amide bonds. The second kappa shape index (κ2) is 5.18. The summed E-state index contributed by atoms with van der Waals surface area (Å²) in [6.45, 7) is 1.89. The third-order valence-corrected chi connectivity index (χ3v) is 4.09. The lowest BCUT2D eigenvalue weighted by atomic mass is 10.1. The van der Waals surface area contributed by atoms with E-state index in [2.05, 4.69) is 21.2 Å². The highest BCUT2D eigenvalue weighted by Gasteiger charge is 2.37. The highest BCUT2D eigenvalue weighted by molar-refractivity contribution is 9.10. The van der Waals surface area contributed by atoms with Gasteiger partial charge in [-0.1, -0.05) is 15.9 Å². The molecule has 1 aliphatic rings. The molecule has 0 saturated heterocycles. The van der Waals surface area contributed by atoms with Crippen LogP contribution in [0, 0.1) is 12.8 Å². The monoisotopic (exact) mass is 351 g/mol. The molecule has 1 atom stereocenters. The second-order valence-corrected chi connectivity index (χ2v) is 6.29. The van der Waals surface area contributed by atoms with Crippen LogP contribution in [-0.2, 0) is 4.79 Å². The van der Waals surface area contributed by atoms with Gasteiger partial charge in [0.05, 0.1) is 0 Å². The second-order valence-electron chi connectivity index (χ2n) is 5.38. The highest BCUT2D eigenvalue weighted by atomic mass is 79.9. The minimum absolute atomic E-state index is 0.0340. The molecule has 1 saturated carbocycles. The average Bonchev–Trinajstić information content (AvgIpc) is 3.14. The van der Waals surface area contributed by atoms with Crippen LogP contribution in [0.1, 0.15) is 29.0 Å². The van der Waals surface area contributed by atoms with Crippen molar-refractivity contribution in [1.82, 2.24) is 5.32 Å². The van der Waals surface area contributed by atoms with Crippen LogP contribution in [0.3, 0.4) is 0 Å². The molecule has 5 nitrogen and oxygen atoms in total. The van der Waals surface area contributed by atoms with E-state index in [1.165, 1.54) is 0 Å². The summed E-state index contributed by atoms with van der Waals surface area (Å²) >= 11 is 3.40. The lowest BCUT2D eigenvalue weighted by Crippen LogP contribution is -2.42. The molecule has 2 N–H and O–H groups in total. The zero-order valence-corrected chi connectivity index (χ0v) is 12.9. The Morgan fingerprint density at radius 2 is 2.10 bits per heavy atom. The van der Waals surface area contributed by atoms with Crippen molar-refractivity contribution in [2.24, 2.45) is 5.92 Å². The molecule has 1 aromatic heterocycles. The van der Waals surface area contributed by atoms with Crippen molar-refractivity contribution in [1.29, 1.82) is 0 Å². The summed E-state index contributed by atoms with van der Waals surface area (Å²) in [5, 5.41) is 12.5. The van der Waals surface area contributed by atoms with Crippen molar-refractivity contribution in [3.8, 4) is 0 Å². The molecule has 3 rings (SSSR count). The molecule has 110 valence electrons. The van der Waals surface area contributed by atoms with Crippen LogP contribution in [-0.4, -0.2) is 23.0 Å². The Morgan fingerprint density at radius 3 is 2.71 bits per heavy atom. The lowest BCUT2D eigenvalue weighted by molar-refractivity contribution is -0.139. The maximum atomic E-state index is 12.2. The summed E-state index contributed by atoms with van der Waals surface area (Å²) in [6.07, 6.45) is 1.67. The number of rotatable bonds is 4. The summed E-state index contributed by atoms with van der Waals surface area (Å²) in [5.74, 6) is -1.31. The number of halogens is 1. The van der Waals surface area contributed by atoms with E-state index in [4.69, 9.17) is 9.52 Å². The first kappa shape index (κ1) is 14.1. The van der Waals surface area contributed by atoms with Crippen molar-refractivity contribution in [2.45, 2.75) is 25.8 Å². The van der Waals surface area contributed by atoms with Gasteiger partial charge in [0.1, 0.15) is 11.6 Å². The number of hydrogen-bond acceptors (Lipinski definition) is 3. The zero-order valence-electron chi connectivity index (χ0n) is 11.4. The molecular weight excluding hydrogens is 338 g/mol. The van der Waals surface area contributed by atoms with E-state index >= 15 is 0 Å². The third-order valence-electron chi connectivity index (χ3n) is 3.64. The largest absolute Gasteiger partial charge is 0.480 e. The van der Waals surface area contributed by atoms with E-state index in [-0.39, 0.29) is 11.7 Å². The van der Waals surface area contributed by atoms with Gasteiger partial charge < -0.3 is 14.8 Å². The molecule has 0 bridgehead atoms. The van der Waals surface area contributed by atoms with Gasteiger partial charge in [-0.25, -0.2) is 4.79 Å². The molecule has 1 unspecified atom stereocenters. The van der Waals surface area contributed by atoms with Crippen LogP contribution in [0.15, 0.2) is 27.1 Å². The van der Waals surface area contributed by atoms with Crippen LogP contribution in [0.2, 0.25) is 0 Å². The minimum Gasteiger partial charge on any atom is -0.480 e. The molecule has 0 spiro atoms. The number of fused-ring (bicyclic) bond motifs is 1. The smallest absolute Gasteiger partial charge is 0.326 e. The molecule has 1 fully saturated rings. The number of furan rings is 1. The molecule has 0 aliphatic heterocycles. The van der Waals surface area contributed by atoms with E-state index in [1.807, 2.05) is 19.1 Å². The number of carboxylic acid groups (broad SMARTS) is 1. The van der Waals surface area contributed by atoms with Gasteiger partial charge in [0, 0.05) is 9.86 Å².